The lowest BCUT2D eigenvalue weighted by atomic mass is 9.95. The molecule has 1 aliphatic rings. The van der Waals surface area contributed by atoms with Crippen molar-refractivity contribution in [2.45, 2.75) is 39.2 Å². The number of rotatable bonds is 11. The van der Waals surface area contributed by atoms with Crippen LogP contribution >= 0.6 is 11.3 Å². The summed E-state index contributed by atoms with van der Waals surface area (Å²) in [6.07, 6.45) is 3.06. The zero-order valence-electron chi connectivity index (χ0n) is 23.6. The lowest BCUT2D eigenvalue weighted by molar-refractivity contribution is -0.117. The largest absolute Gasteiger partial charge is 0.503 e. The van der Waals surface area contributed by atoms with Crippen molar-refractivity contribution in [1.29, 1.82) is 0 Å². The van der Waals surface area contributed by atoms with Crippen molar-refractivity contribution in [3.63, 3.8) is 0 Å². The van der Waals surface area contributed by atoms with E-state index in [-0.39, 0.29) is 21.3 Å². The molecule has 1 amide bonds. The predicted octanol–water partition coefficient (Wildman–Crippen LogP) is 6.34. The van der Waals surface area contributed by atoms with Crippen molar-refractivity contribution in [2.24, 2.45) is 0 Å². The van der Waals surface area contributed by atoms with E-state index in [0.717, 1.165) is 30.6 Å². The second kappa shape index (κ2) is 12.1. The molecule has 11 heteroatoms. The van der Waals surface area contributed by atoms with Gasteiger partial charge in [-0.05, 0) is 43.2 Å². The number of anilines is 1. The van der Waals surface area contributed by atoms with E-state index in [1.807, 2.05) is 0 Å². The van der Waals surface area contributed by atoms with Crippen LogP contribution in [-0.2, 0) is 9.53 Å². The van der Waals surface area contributed by atoms with Gasteiger partial charge in [0.15, 0.2) is 28.0 Å². The number of aliphatic hydroxyl groups is 1. The Balaban J connectivity index is 1.58. The predicted molar refractivity (Wildman–Crippen MR) is 157 cm³/mol. The Hall–Kier alpha value is -4.64. The summed E-state index contributed by atoms with van der Waals surface area (Å²) in [6.45, 7) is 4.30. The standard InChI is InChI=1S/C31H30N2O8S/c1-5-6-7-15-40-20-13-11-18(12-14-20)24-23(25(34)22-16-19-9-8-10-21(38-3)27(19)41-22)26(35)29(36)33(24)31-32-17(2)28(42-31)30(37)39-4/h8-14,16,24,35H,5-7,15H2,1-4H3. The number of aliphatic hydroxyl groups excluding tert-OH is 1. The summed E-state index contributed by atoms with van der Waals surface area (Å²) < 4.78 is 21.9. The number of carbonyl (C=O) groups excluding carboxylic acids is 3. The van der Waals surface area contributed by atoms with Gasteiger partial charge in [-0.3, -0.25) is 14.5 Å². The van der Waals surface area contributed by atoms with Crippen molar-refractivity contribution in [2.75, 3.05) is 25.7 Å². The number of esters is 1. The Labute approximate surface area is 246 Å². The fraction of sp³-hybridized carbons (Fsp3) is 0.290. The van der Waals surface area contributed by atoms with Crippen molar-refractivity contribution < 1.29 is 38.1 Å². The number of carbonyl (C=O) groups is 3. The molecule has 2 aromatic heterocycles. The van der Waals surface area contributed by atoms with Crippen molar-refractivity contribution in [3.05, 3.63) is 81.8 Å². The van der Waals surface area contributed by atoms with Gasteiger partial charge in [-0.25, -0.2) is 9.78 Å². The topological polar surface area (TPSA) is 128 Å². The van der Waals surface area contributed by atoms with Gasteiger partial charge in [-0.1, -0.05) is 55.4 Å². The number of ether oxygens (including phenoxy) is 3. The quantitative estimate of drug-likeness (QED) is 0.121. The van der Waals surface area contributed by atoms with Crippen LogP contribution in [0.3, 0.4) is 0 Å². The van der Waals surface area contributed by atoms with E-state index in [9.17, 15) is 19.5 Å². The first kappa shape index (κ1) is 28.9. The number of nitrogens with zero attached hydrogens (tertiary/aromatic N) is 2. The average molecular weight is 591 g/mol. The van der Waals surface area contributed by atoms with Gasteiger partial charge in [0, 0.05) is 5.39 Å². The SMILES string of the molecule is CCCCCOc1ccc(C2C(C(=O)c3cc4cccc(OC)c4o3)=C(O)C(=O)N2c2nc(C)c(C(=O)OC)s2)cc1. The first-order valence-corrected chi connectivity index (χ1v) is 14.3. The number of ketones is 1. The van der Waals surface area contributed by atoms with Crippen LogP contribution in [0.15, 0.2) is 64.3 Å². The highest BCUT2D eigenvalue weighted by molar-refractivity contribution is 7.17. The van der Waals surface area contributed by atoms with Gasteiger partial charge in [0.05, 0.1) is 38.1 Å². The van der Waals surface area contributed by atoms with E-state index in [0.29, 0.717) is 40.3 Å². The van der Waals surface area contributed by atoms with E-state index in [2.05, 4.69) is 11.9 Å². The van der Waals surface area contributed by atoms with E-state index < -0.39 is 29.5 Å². The Morgan fingerprint density at radius 3 is 2.57 bits per heavy atom. The third kappa shape index (κ3) is 5.23. The molecule has 0 aliphatic carbocycles. The number of hydrogen-bond acceptors (Lipinski definition) is 10. The third-order valence-electron chi connectivity index (χ3n) is 6.98. The number of fused-ring (bicyclic) bond motifs is 1. The number of aromatic nitrogens is 1. The molecule has 0 saturated heterocycles. The Morgan fingerprint density at radius 1 is 1.12 bits per heavy atom. The molecule has 0 spiro atoms. The molecule has 3 heterocycles. The highest BCUT2D eigenvalue weighted by Crippen LogP contribution is 2.44. The van der Waals surface area contributed by atoms with E-state index in [1.54, 1.807) is 55.5 Å². The normalized spacial score (nSPS) is 15.0. The van der Waals surface area contributed by atoms with Crippen LogP contribution in [0.2, 0.25) is 0 Å². The molecule has 0 saturated carbocycles. The van der Waals surface area contributed by atoms with E-state index >= 15 is 0 Å². The molecule has 5 rings (SSSR count). The maximum absolute atomic E-state index is 14.0. The molecular weight excluding hydrogens is 560 g/mol. The van der Waals surface area contributed by atoms with Crippen molar-refractivity contribution in [3.8, 4) is 11.5 Å². The summed E-state index contributed by atoms with van der Waals surface area (Å²) in [4.78, 5) is 45.7. The van der Waals surface area contributed by atoms with Crippen molar-refractivity contribution in [1.82, 2.24) is 4.98 Å². The number of Topliss-reactive ketones (excluding diaryl/α,β-unsaturated/α-hetero) is 1. The Morgan fingerprint density at radius 2 is 1.88 bits per heavy atom. The van der Waals surface area contributed by atoms with Crippen LogP contribution < -0.4 is 14.4 Å². The fourth-order valence-electron chi connectivity index (χ4n) is 4.85. The molecule has 4 aromatic rings. The second-order valence-electron chi connectivity index (χ2n) is 9.69. The lowest BCUT2D eigenvalue weighted by Gasteiger charge is -2.24. The van der Waals surface area contributed by atoms with Crippen LogP contribution in [0.25, 0.3) is 11.0 Å². The number of aryl methyl sites for hydroxylation is 1. The minimum absolute atomic E-state index is 0.0721. The molecule has 2 aromatic carbocycles. The highest BCUT2D eigenvalue weighted by atomic mass is 32.1. The first-order chi connectivity index (χ1) is 20.3. The van der Waals surface area contributed by atoms with E-state index in [1.165, 1.54) is 19.1 Å². The molecule has 218 valence electrons. The number of methoxy groups -OCH3 is 2. The van der Waals surface area contributed by atoms with Gasteiger partial charge in [0.1, 0.15) is 10.6 Å². The summed E-state index contributed by atoms with van der Waals surface area (Å²) in [5, 5.41) is 11.9. The summed E-state index contributed by atoms with van der Waals surface area (Å²) in [5.41, 5.74) is 1.07. The van der Waals surface area contributed by atoms with Gasteiger partial charge >= 0.3 is 5.97 Å². The lowest BCUT2D eigenvalue weighted by Crippen LogP contribution is -2.31. The number of thiazole rings is 1. The zero-order chi connectivity index (χ0) is 30.0. The smallest absolute Gasteiger partial charge is 0.350 e. The van der Waals surface area contributed by atoms with Gasteiger partial charge < -0.3 is 23.7 Å². The molecule has 1 unspecified atom stereocenters. The molecule has 0 fully saturated rings. The molecule has 1 N–H and O–H groups in total. The molecule has 0 radical (unpaired) electrons. The van der Waals surface area contributed by atoms with Gasteiger partial charge in [0.2, 0.25) is 5.78 Å². The molecule has 1 atom stereocenters. The first-order valence-electron chi connectivity index (χ1n) is 13.4. The van der Waals surface area contributed by atoms with Crippen LogP contribution in [0.4, 0.5) is 5.13 Å². The van der Waals surface area contributed by atoms with Gasteiger partial charge in [0.25, 0.3) is 5.91 Å². The number of amides is 1. The Bertz CT molecular complexity index is 1680. The van der Waals surface area contributed by atoms with Crippen LogP contribution in [0.1, 0.15) is 63.7 Å². The highest BCUT2D eigenvalue weighted by Gasteiger charge is 2.47. The maximum Gasteiger partial charge on any atom is 0.350 e. The van der Waals surface area contributed by atoms with Gasteiger partial charge in [-0.2, -0.15) is 0 Å². The van der Waals surface area contributed by atoms with E-state index in [4.69, 9.17) is 18.6 Å². The minimum atomic E-state index is -1.06. The third-order valence-corrected chi connectivity index (χ3v) is 8.12. The zero-order valence-corrected chi connectivity index (χ0v) is 24.4. The molecule has 1 aliphatic heterocycles. The van der Waals surface area contributed by atoms with Gasteiger partial charge in [-0.15, -0.1) is 0 Å². The number of unbranched alkanes of at least 4 members (excludes halogenated alkanes) is 2. The average Bonchev–Trinajstić information content (AvgIpc) is 3.68. The number of hydrogen-bond donors (Lipinski definition) is 1. The van der Waals surface area contributed by atoms with Crippen LogP contribution in [0.5, 0.6) is 11.5 Å². The molecule has 0 bridgehead atoms. The summed E-state index contributed by atoms with van der Waals surface area (Å²) in [5.74, 6) is -1.84. The second-order valence-corrected chi connectivity index (χ2v) is 10.7. The number of para-hydroxylation sites is 1. The van der Waals surface area contributed by atoms with Crippen molar-refractivity contribution >= 4 is 45.1 Å². The summed E-state index contributed by atoms with van der Waals surface area (Å²) in [6, 6.07) is 12.7. The molecule has 42 heavy (non-hydrogen) atoms. The van der Waals surface area contributed by atoms with Crippen LogP contribution in [-0.4, -0.2) is 48.6 Å². The Kier molecular flexibility index (Phi) is 8.30. The molecular formula is C31H30N2O8S. The summed E-state index contributed by atoms with van der Waals surface area (Å²) in [7, 11) is 2.75. The fourth-order valence-corrected chi connectivity index (χ4v) is 5.86. The monoisotopic (exact) mass is 590 g/mol. The maximum atomic E-state index is 14.0. The van der Waals surface area contributed by atoms with Crippen LogP contribution in [0, 0.1) is 6.92 Å². The number of benzene rings is 2. The minimum Gasteiger partial charge on any atom is -0.503 e. The molecule has 10 nitrogen and oxygen atoms in total. The number of furan rings is 1. The summed E-state index contributed by atoms with van der Waals surface area (Å²) >= 11 is 0.937.